The molecule has 78 valence electrons. The van der Waals surface area contributed by atoms with Crippen molar-refractivity contribution in [2.24, 2.45) is 0 Å². The van der Waals surface area contributed by atoms with Crippen molar-refractivity contribution in [2.75, 3.05) is 20.2 Å². The lowest BCUT2D eigenvalue weighted by molar-refractivity contribution is 0.179. The van der Waals surface area contributed by atoms with Crippen LogP contribution in [0.3, 0.4) is 0 Å². The Balaban J connectivity index is 2.09. The van der Waals surface area contributed by atoms with E-state index in [0.717, 1.165) is 37.4 Å². The molecular weight excluding hydrogens is 180 g/mol. The minimum absolute atomic E-state index is 0.517. The zero-order valence-corrected chi connectivity index (χ0v) is 8.45. The average molecular weight is 196 g/mol. The quantitative estimate of drug-likeness (QED) is 0.791. The van der Waals surface area contributed by atoms with Gasteiger partial charge in [0.2, 0.25) is 0 Å². The van der Waals surface area contributed by atoms with E-state index >= 15 is 0 Å². The first-order chi connectivity index (χ1) is 6.92. The van der Waals surface area contributed by atoms with Crippen LogP contribution in [-0.4, -0.2) is 25.2 Å². The van der Waals surface area contributed by atoms with E-state index in [-0.39, 0.29) is 0 Å². The van der Waals surface area contributed by atoms with Gasteiger partial charge in [-0.2, -0.15) is 0 Å². The molecule has 0 unspecified atom stereocenters. The Morgan fingerprint density at radius 2 is 2.36 bits per heavy atom. The van der Waals surface area contributed by atoms with Gasteiger partial charge in [0, 0.05) is 13.0 Å². The van der Waals surface area contributed by atoms with Crippen molar-refractivity contribution in [1.82, 2.24) is 10.3 Å². The summed E-state index contributed by atoms with van der Waals surface area (Å²) in [4.78, 5) is 4.17. The first-order valence-electron chi connectivity index (χ1n) is 5.03. The molecule has 0 bridgehead atoms. The molecule has 0 aliphatic carbocycles. The Bertz CT molecular complexity index is 279. The van der Waals surface area contributed by atoms with Gasteiger partial charge >= 0.3 is 0 Å². The molecule has 1 saturated heterocycles. The van der Waals surface area contributed by atoms with Gasteiger partial charge in [-0.15, -0.1) is 0 Å². The van der Waals surface area contributed by atoms with E-state index in [1.165, 1.54) is 6.39 Å². The highest BCUT2D eigenvalue weighted by atomic mass is 16.5. The van der Waals surface area contributed by atoms with Crippen molar-refractivity contribution in [3.63, 3.8) is 0 Å². The normalized spacial score (nSPS) is 18.6. The predicted octanol–water partition coefficient (Wildman–Crippen LogP) is 1.29. The maximum atomic E-state index is 5.44. The molecule has 1 aliphatic heterocycles. The van der Waals surface area contributed by atoms with E-state index in [1.807, 2.05) is 0 Å². The molecule has 1 aliphatic rings. The van der Waals surface area contributed by atoms with E-state index in [1.54, 1.807) is 7.11 Å². The Hall–Kier alpha value is -0.870. The molecule has 0 atom stereocenters. The molecule has 14 heavy (non-hydrogen) atoms. The van der Waals surface area contributed by atoms with E-state index in [0.29, 0.717) is 12.5 Å². The fourth-order valence-corrected chi connectivity index (χ4v) is 1.94. The zero-order chi connectivity index (χ0) is 9.80. The van der Waals surface area contributed by atoms with Crippen LogP contribution >= 0.6 is 0 Å². The summed E-state index contributed by atoms with van der Waals surface area (Å²) >= 11 is 0. The molecule has 0 saturated carbocycles. The van der Waals surface area contributed by atoms with Gasteiger partial charge in [0.15, 0.2) is 6.39 Å². The van der Waals surface area contributed by atoms with Crippen LogP contribution in [0.15, 0.2) is 10.8 Å². The highest BCUT2D eigenvalue weighted by Crippen LogP contribution is 2.27. The van der Waals surface area contributed by atoms with E-state index in [2.05, 4.69) is 10.3 Å². The maximum absolute atomic E-state index is 5.44. The number of aromatic nitrogens is 1. The van der Waals surface area contributed by atoms with Crippen molar-refractivity contribution >= 4 is 0 Å². The zero-order valence-electron chi connectivity index (χ0n) is 8.45. The molecule has 0 radical (unpaired) electrons. The second kappa shape index (κ2) is 4.57. The fraction of sp³-hybridized carbons (Fsp3) is 0.700. The summed E-state index contributed by atoms with van der Waals surface area (Å²) in [5, 5.41) is 3.33. The van der Waals surface area contributed by atoms with Crippen LogP contribution in [-0.2, 0) is 11.3 Å². The van der Waals surface area contributed by atoms with Crippen molar-refractivity contribution in [3.05, 3.63) is 17.8 Å². The van der Waals surface area contributed by atoms with Crippen LogP contribution in [0, 0.1) is 0 Å². The lowest BCUT2D eigenvalue weighted by Crippen LogP contribution is -2.26. The number of nitrogens with zero attached hydrogens (tertiary/aromatic N) is 1. The Labute approximate surface area is 83.7 Å². The molecule has 1 aromatic heterocycles. The molecule has 4 heteroatoms. The summed E-state index contributed by atoms with van der Waals surface area (Å²) in [6.45, 7) is 2.69. The molecule has 0 amide bonds. The van der Waals surface area contributed by atoms with Crippen molar-refractivity contribution < 1.29 is 9.15 Å². The molecule has 1 aromatic rings. The standard InChI is InChI=1S/C10H16N2O2/c1-13-6-9-10(14-7-12-9)8-2-4-11-5-3-8/h7-8,11H,2-6H2,1H3. The number of piperidine rings is 1. The van der Waals surface area contributed by atoms with Crippen LogP contribution in [0.4, 0.5) is 0 Å². The summed E-state index contributed by atoms with van der Waals surface area (Å²) in [6.07, 6.45) is 3.78. The van der Waals surface area contributed by atoms with E-state index in [9.17, 15) is 0 Å². The van der Waals surface area contributed by atoms with Gasteiger partial charge in [0.1, 0.15) is 11.5 Å². The molecule has 4 nitrogen and oxygen atoms in total. The SMILES string of the molecule is COCc1ncoc1C1CCNCC1. The lowest BCUT2D eigenvalue weighted by Gasteiger charge is -2.21. The number of ether oxygens (including phenoxy) is 1. The first-order valence-corrected chi connectivity index (χ1v) is 5.03. The number of nitrogens with one attached hydrogen (secondary N) is 1. The van der Waals surface area contributed by atoms with Crippen LogP contribution < -0.4 is 5.32 Å². The maximum Gasteiger partial charge on any atom is 0.181 e. The largest absolute Gasteiger partial charge is 0.448 e. The van der Waals surface area contributed by atoms with Crippen molar-refractivity contribution in [1.29, 1.82) is 0 Å². The molecule has 2 rings (SSSR count). The average Bonchev–Trinajstić information content (AvgIpc) is 2.68. The summed E-state index contributed by atoms with van der Waals surface area (Å²) in [5.41, 5.74) is 0.958. The molecule has 1 fully saturated rings. The molecular formula is C10H16N2O2. The third kappa shape index (κ3) is 1.96. The summed E-state index contributed by atoms with van der Waals surface area (Å²) < 4.78 is 10.5. The van der Waals surface area contributed by atoms with Gasteiger partial charge in [-0.25, -0.2) is 4.98 Å². The van der Waals surface area contributed by atoms with E-state index < -0.39 is 0 Å². The molecule has 1 N–H and O–H groups in total. The topological polar surface area (TPSA) is 47.3 Å². The molecule has 0 aromatic carbocycles. The van der Waals surface area contributed by atoms with Gasteiger partial charge in [0.05, 0.1) is 6.61 Å². The summed E-state index contributed by atoms with van der Waals surface area (Å²) in [5.74, 6) is 1.54. The summed E-state index contributed by atoms with van der Waals surface area (Å²) in [7, 11) is 1.68. The van der Waals surface area contributed by atoms with Gasteiger partial charge in [-0.05, 0) is 25.9 Å². The monoisotopic (exact) mass is 196 g/mol. The number of oxazole rings is 1. The highest BCUT2D eigenvalue weighted by Gasteiger charge is 2.21. The number of methoxy groups -OCH3 is 1. The third-order valence-corrected chi connectivity index (χ3v) is 2.66. The Kier molecular flexibility index (Phi) is 3.16. The van der Waals surface area contributed by atoms with Gasteiger partial charge in [-0.1, -0.05) is 0 Å². The number of hydrogen-bond acceptors (Lipinski definition) is 4. The Morgan fingerprint density at radius 3 is 3.07 bits per heavy atom. The van der Waals surface area contributed by atoms with Crippen LogP contribution in [0.1, 0.15) is 30.2 Å². The highest BCUT2D eigenvalue weighted by molar-refractivity contribution is 5.12. The second-order valence-corrected chi connectivity index (χ2v) is 3.62. The van der Waals surface area contributed by atoms with Gasteiger partial charge in [0.25, 0.3) is 0 Å². The van der Waals surface area contributed by atoms with Crippen molar-refractivity contribution in [2.45, 2.75) is 25.4 Å². The second-order valence-electron chi connectivity index (χ2n) is 3.62. The minimum atomic E-state index is 0.517. The fourth-order valence-electron chi connectivity index (χ4n) is 1.94. The Morgan fingerprint density at radius 1 is 1.57 bits per heavy atom. The third-order valence-electron chi connectivity index (χ3n) is 2.66. The first kappa shape index (κ1) is 9.68. The minimum Gasteiger partial charge on any atom is -0.448 e. The smallest absolute Gasteiger partial charge is 0.181 e. The predicted molar refractivity (Wildman–Crippen MR) is 52.1 cm³/mol. The lowest BCUT2D eigenvalue weighted by atomic mass is 9.94. The van der Waals surface area contributed by atoms with E-state index in [4.69, 9.17) is 9.15 Å². The van der Waals surface area contributed by atoms with Gasteiger partial charge in [-0.3, -0.25) is 0 Å². The summed E-state index contributed by atoms with van der Waals surface area (Å²) in [6, 6.07) is 0. The number of rotatable bonds is 3. The van der Waals surface area contributed by atoms with Crippen LogP contribution in [0.25, 0.3) is 0 Å². The van der Waals surface area contributed by atoms with Gasteiger partial charge < -0.3 is 14.5 Å². The van der Waals surface area contributed by atoms with Crippen LogP contribution in [0.5, 0.6) is 0 Å². The van der Waals surface area contributed by atoms with Crippen molar-refractivity contribution in [3.8, 4) is 0 Å². The molecule has 0 spiro atoms. The number of hydrogen-bond donors (Lipinski definition) is 1. The van der Waals surface area contributed by atoms with Crippen LogP contribution in [0.2, 0.25) is 0 Å². The molecule has 2 heterocycles.